The van der Waals surface area contributed by atoms with Gasteiger partial charge in [0.25, 0.3) is 5.91 Å². The second-order valence-corrected chi connectivity index (χ2v) is 4.94. The molecule has 0 radical (unpaired) electrons. The molecule has 108 valence electrons. The minimum atomic E-state index is 0.0312. The molecule has 1 aromatic rings. The summed E-state index contributed by atoms with van der Waals surface area (Å²) in [5, 5.41) is 0. The van der Waals surface area contributed by atoms with Crippen LogP contribution in [-0.2, 0) is 0 Å². The van der Waals surface area contributed by atoms with Crippen molar-refractivity contribution in [2.75, 3.05) is 13.6 Å². The number of nitrogens with zero attached hydrogens (tertiary/aromatic N) is 1. The third kappa shape index (κ3) is 3.85. The largest absolute Gasteiger partial charge is 0.339 e. The van der Waals surface area contributed by atoms with Gasteiger partial charge in [-0.2, -0.15) is 0 Å². The topological polar surface area (TPSA) is 46.3 Å². The van der Waals surface area contributed by atoms with Gasteiger partial charge in [-0.15, -0.1) is 0 Å². The van der Waals surface area contributed by atoms with E-state index in [-0.39, 0.29) is 11.9 Å². The van der Waals surface area contributed by atoms with Crippen molar-refractivity contribution < 1.29 is 4.79 Å². The molecule has 0 heterocycles. The second kappa shape index (κ2) is 7.72. The third-order valence-corrected chi connectivity index (χ3v) is 3.54. The fraction of sp³-hybridized carbons (Fsp3) is 0.471. The number of aryl methyl sites for hydroxylation is 1. The van der Waals surface area contributed by atoms with Gasteiger partial charge in [-0.25, -0.2) is 0 Å². The molecule has 0 bridgehead atoms. The van der Waals surface area contributed by atoms with Gasteiger partial charge in [-0.3, -0.25) is 4.79 Å². The molecule has 2 N–H and O–H groups in total. The minimum Gasteiger partial charge on any atom is -0.339 e. The standard InChI is InChI=1S/C17H24N2O/c1-5-15(6-2)19(4)17(20)16-12-13(3)9-10-14(16)8-7-11-18/h9-10,12,15H,5-6,11,18H2,1-4H3. The maximum Gasteiger partial charge on any atom is 0.255 e. The number of hydrogen-bond acceptors (Lipinski definition) is 2. The fourth-order valence-corrected chi connectivity index (χ4v) is 2.28. The van der Waals surface area contributed by atoms with Crippen LogP contribution in [0.3, 0.4) is 0 Å². The van der Waals surface area contributed by atoms with Gasteiger partial charge in [0, 0.05) is 18.7 Å². The van der Waals surface area contributed by atoms with Gasteiger partial charge in [0.2, 0.25) is 0 Å². The van der Waals surface area contributed by atoms with Gasteiger partial charge >= 0.3 is 0 Å². The summed E-state index contributed by atoms with van der Waals surface area (Å²) in [6, 6.07) is 6.03. The van der Waals surface area contributed by atoms with E-state index in [0.717, 1.165) is 24.0 Å². The first-order chi connectivity index (χ1) is 9.54. The summed E-state index contributed by atoms with van der Waals surface area (Å²) < 4.78 is 0. The molecule has 3 nitrogen and oxygen atoms in total. The molecule has 0 aromatic heterocycles. The van der Waals surface area contributed by atoms with E-state index < -0.39 is 0 Å². The third-order valence-electron chi connectivity index (χ3n) is 3.54. The molecule has 1 aromatic carbocycles. The van der Waals surface area contributed by atoms with Gasteiger partial charge in [0.05, 0.1) is 12.1 Å². The maximum absolute atomic E-state index is 12.7. The van der Waals surface area contributed by atoms with Crippen LogP contribution in [0, 0.1) is 18.8 Å². The number of nitrogens with two attached hydrogens (primary N) is 1. The van der Waals surface area contributed by atoms with Crippen LogP contribution in [0.15, 0.2) is 18.2 Å². The lowest BCUT2D eigenvalue weighted by Crippen LogP contribution is -2.36. The van der Waals surface area contributed by atoms with Gasteiger partial charge < -0.3 is 10.6 Å². The van der Waals surface area contributed by atoms with E-state index in [1.807, 2.05) is 37.1 Å². The van der Waals surface area contributed by atoms with E-state index in [0.29, 0.717) is 12.1 Å². The summed E-state index contributed by atoms with van der Waals surface area (Å²) in [7, 11) is 1.86. The molecule has 0 aliphatic carbocycles. The van der Waals surface area contributed by atoms with E-state index in [4.69, 9.17) is 5.73 Å². The van der Waals surface area contributed by atoms with Crippen LogP contribution >= 0.6 is 0 Å². The summed E-state index contributed by atoms with van der Waals surface area (Å²) in [5.41, 5.74) is 7.89. The van der Waals surface area contributed by atoms with E-state index in [1.54, 1.807) is 0 Å². The Balaban J connectivity index is 3.16. The molecule has 0 fully saturated rings. The van der Waals surface area contributed by atoms with Gasteiger partial charge in [-0.05, 0) is 31.9 Å². The average molecular weight is 272 g/mol. The predicted octanol–water partition coefficient (Wildman–Crippen LogP) is 2.57. The highest BCUT2D eigenvalue weighted by Gasteiger charge is 2.20. The molecule has 0 atom stereocenters. The zero-order valence-electron chi connectivity index (χ0n) is 12.9. The Hall–Kier alpha value is -1.79. The van der Waals surface area contributed by atoms with Crippen molar-refractivity contribution in [3.05, 3.63) is 34.9 Å². The van der Waals surface area contributed by atoms with E-state index in [2.05, 4.69) is 25.7 Å². The molecule has 0 aliphatic heterocycles. The van der Waals surface area contributed by atoms with Gasteiger partial charge in [-0.1, -0.05) is 37.3 Å². The Morgan fingerprint density at radius 1 is 1.35 bits per heavy atom. The van der Waals surface area contributed by atoms with Crippen LogP contribution in [0.4, 0.5) is 0 Å². The lowest BCUT2D eigenvalue weighted by atomic mass is 10.0. The van der Waals surface area contributed by atoms with Crippen molar-refractivity contribution in [1.82, 2.24) is 4.90 Å². The van der Waals surface area contributed by atoms with Crippen molar-refractivity contribution in [2.45, 2.75) is 39.7 Å². The normalized spacial score (nSPS) is 10.1. The highest BCUT2D eigenvalue weighted by Crippen LogP contribution is 2.16. The molecule has 0 unspecified atom stereocenters. The predicted molar refractivity (Wildman–Crippen MR) is 83.6 cm³/mol. The molecule has 0 saturated carbocycles. The fourth-order valence-electron chi connectivity index (χ4n) is 2.28. The van der Waals surface area contributed by atoms with Crippen molar-refractivity contribution in [2.24, 2.45) is 5.73 Å². The minimum absolute atomic E-state index is 0.0312. The Kier molecular flexibility index (Phi) is 6.27. The lowest BCUT2D eigenvalue weighted by molar-refractivity contribution is 0.0723. The van der Waals surface area contributed by atoms with Crippen molar-refractivity contribution >= 4 is 5.91 Å². The van der Waals surface area contributed by atoms with Crippen LogP contribution in [0.2, 0.25) is 0 Å². The molecule has 0 saturated heterocycles. The molecule has 20 heavy (non-hydrogen) atoms. The number of hydrogen-bond donors (Lipinski definition) is 1. The van der Waals surface area contributed by atoms with Gasteiger partial charge in [0.1, 0.15) is 0 Å². The van der Waals surface area contributed by atoms with Crippen LogP contribution in [0.1, 0.15) is 48.2 Å². The number of amides is 1. The molecule has 3 heteroatoms. The molecule has 1 rings (SSSR count). The van der Waals surface area contributed by atoms with Crippen molar-refractivity contribution in [1.29, 1.82) is 0 Å². The van der Waals surface area contributed by atoms with Crippen molar-refractivity contribution in [3.8, 4) is 11.8 Å². The van der Waals surface area contributed by atoms with Crippen LogP contribution in [0.25, 0.3) is 0 Å². The van der Waals surface area contributed by atoms with E-state index in [1.165, 1.54) is 0 Å². The molecule has 0 aliphatic rings. The Morgan fingerprint density at radius 3 is 2.55 bits per heavy atom. The summed E-state index contributed by atoms with van der Waals surface area (Å²) >= 11 is 0. The van der Waals surface area contributed by atoms with E-state index in [9.17, 15) is 4.79 Å². The SMILES string of the molecule is CCC(CC)N(C)C(=O)c1cc(C)ccc1C#CCN. The quantitative estimate of drug-likeness (QED) is 0.856. The van der Waals surface area contributed by atoms with E-state index >= 15 is 0 Å². The first-order valence-corrected chi connectivity index (χ1v) is 7.11. The van der Waals surface area contributed by atoms with Crippen molar-refractivity contribution in [3.63, 3.8) is 0 Å². The first-order valence-electron chi connectivity index (χ1n) is 7.11. The highest BCUT2D eigenvalue weighted by molar-refractivity contribution is 5.97. The monoisotopic (exact) mass is 272 g/mol. The number of carbonyl (C=O) groups is 1. The highest BCUT2D eigenvalue weighted by atomic mass is 16.2. The van der Waals surface area contributed by atoms with Gasteiger partial charge in [0.15, 0.2) is 0 Å². The lowest BCUT2D eigenvalue weighted by Gasteiger charge is -2.27. The summed E-state index contributed by atoms with van der Waals surface area (Å²) in [4.78, 5) is 14.5. The Bertz CT molecular complexity index is 522. The van der Waals surface area contributed by atoms with Crippen LogP contribution in [0.5, 0.6) is 0 Å². The van der Waals surface area contributed by atoms with Crippen LogP contribution in [-0.4, -0.2) is 30.4 Å². The average Bonchev–Trinajstić information content (AvgIpc) is 2.46. The molecule has 1 amide bonds. The zero-order valence-corrected chi connectivity index (χ0v) is 12.9. The number of carbonyl (C=O) groups excluding carboxylic acids is 1. The number of rotatable bonds is 4. The number of benzene rings is 1. The summed E-state index contributed by atoms with van der Waals surface area (Å²) in [6.45, 7) is 6.48. The molecular weight excluding hydrogens is 248 g/mol. The first kappa shape index (κ1) is 16.3. The maximum atomic E-state index is 12.7. The summed E-state index contributed by atoms with van der Waals surface area (Å²) in [6.07, 6.45) is 1.91. The Labute approximate surface area is 122 Å². The Morgan fingerprint density at radius 2 is 2.00 bits per heavy atom. The zero-order chi connectivity index (χ0) is 15.1. The smallest absolute Gasteiger partial charge is 0.255 e. The second-order valence-electron chi connectivity index (χ2n) is 4.94. The molecule has 0 spiro atoms. The molecular formula is C17H24N2O. The van der Waals surface area contributed by atoms with Crippen LogP contribution < -0.4 is 5.73 Å². The summed E-state index contributed by atoms with van der Waals surface area (Å²) in [5.74, 6) is 5.84.